The second-order valence-corrected chi connectivity index (χ2v) is 4.25. The predicted molar refractivity (Wildman–Crippen MR) is 68.2 cm³/mol. The first kappa shape index (κ1) is 12.4. The smallest absolute Gasteiger partial charge is 0.311 e. The van der Waals surface area contributed by atoms with Crippen LogP contribution in [0.5, 0.6) is 0 Å². The van der Waals surface area contributed by atoms with Crippen molar-refractivity contribution >= 4 is 5.97 Å². The number of rotatable bonds is 4. The van der Waals surface area contributed by atoms with Crippen molar-refractivity contribution < 1.29 is 9.53 Å². The SMILES string of the molecule is COC(=O)Cc1cncn1Cc1ccc(C)cc1. The van der Waals surface area contributed by atoms with E-state index in [4.69, 9.17) is 0 Å². The van der Waals surface area contributed by atoms with Crippen LogP contribution in [0.3, 0.4) is 0 Å². The van der Waals surface area contributed by atoms with Crippen molar-refractivity contribution in [1.82, 2.24) is 9.55 Å². The summed E-state index contributed by atoms with van der Waals surface area (Å²) in [5.41, 5.74) is 3.28. The minimum Gasteiger partial charge on any atom is -0.469 e. The first-order valence-corrected chi connectivity index (χ1v) is 5.80. The number of carbonyl (C=O) groups is 1. The fraction of sp³-hybridized carbons (Fsp3) is 0.286. The van der Waals surface area contributed by atoms with E-state index in [1.54, 1.807) is 12.5 Å². The van der Waals surface area contributed by atoms with Gasteiger partial charge in [-0.2, -0.15) is 0 Å². The molecule has 1 aromatic carbocycles. The van der Waals surface area contributed by atoms with Gasteiger partial charge in [0.25, 0.3) is 0 Å². The molecule has 4 nitrogen and oxygen atoms in total. The van der Waals surface area contributed by atoms with Crippen LogP contribution >= 0.6 is 0 Å². The van der Waals surface area contributed by atoms with Crippen molar-refractivity contribution in [1.29, 1.82) is 0 Å². The number of methoxy groups -OCH3 is 1. The van der Waals surface area contributed by atoms with Crippen molar-refractivity contribution in [2.24, 2.45) is 0 Å². The van der Waals surface area contributed by atoms with Gasteiger partial charge in [-0.3, -0.25) is 4.79 Å². The van der Waals surface area contributed by atoms with Gasteiger partial charge in [0.15, 0.2) is 0 Å². The van der Waals surface area contributed by atoms with Crippen LogP contribution in [0.15, 0.2) is 36.8 Å². The average Bonchev–Trinajstić information content (AvgIpc) is 2.79. The van der Waals surface area contributed by atoms with E-state index in [0.29, 0.717) is 6.54 Å². The number of hydrogen-bond acceptors (Lipinski definition) is 3. The Labute approximate surface area is 106 Å². The number of esters is 1. The van der Waals surface area contributed by atoms with E-state index < -0.39 is 0 Å². The fourth-order valence-corrected chi connectivity index (χ4v) is 1.75. The van der Waals surface area contributed by atoms with Gasteiger partial charge in [-0.05, 0) is 12.5 Å². The number of hydrogen-bond donors (Lipinski definition) is 0. The lowest BCUT2D eigenvalue weighted by Crippen LogP contribution is -2.10. The summed E-state index contributed by atoms with van der Waals surface area (Å²) in [5.74, 6) is -0.249. The van der Waals surface area contributed by atoms with Gasteiger partial charge in [0.05, 0.1) is 19.9 Å². The second kappa shape index (κ2) is 5.49. The summed E-state index contributed by atoms with van der Waals surface area (Å²) < 4.78 is 6.62. The molecule has 0 radical (unpaired) electrons. The highest BCUT2D eigenvalue weighted by Crippen LogP contribution is 2.08. The number of nitrogens with zero attached hydrogens (tertiary/aromatic N) is 2. The normalized spacial score (nSPS) is 10.3. The largest absolute Gasteiger partial charge is 0.469 e. The highest BCUT2D eigenvalue weighted by atomic mass is 16.5. The van der Waals surface area contributed by atoms with E-state index in [1.165, 1.54) is 18.2 Å². The zero-order chi connectivity index (χ0) is 13.0. The molecule has 0 fully saturated rings. The Balaban J connectivity index is 2.12. The number of aryl methyl sites for hydroxylation is 1. The monoisotopic (exact) mass is 244 g/mol. The summed E-state index contributed by atoms with van der Waals surface area (Å²) in [6.45, 7) is 2.77. The molecule has 94 valence electrons. The maximum atomic E-state index is 11.3. The lowest BCUT2D eigenvalue weighted by Gasteiger charge is -2.07. The van der Waals surface area contributed by atoms with Gasteiger partial charge < -0.3 is 9.30 Å². The van der Waals surface area contributed by atoms with Crippen molar-refractivity contribution in [2.45, 2.75) is 19.9 Å². The quantitative estimate of drug-likeness (QED) is 0.772. The summed E-state index contributed by atoms with van der Waals surface area (Å²) in [6, 6.07) is 8.31. The molecule has 1 aromatic heterocycles. The van der Waals surface area contributed by atoms with Crippen LogP contribution in [0.1, 0.15) is 16.8 Å². The molecule has 0 spiro atoms. The predicted octanol–water partition coefficient (Wildman–Crippen LogP) is 1.96. The molecule has 0 bridgehead atoms. The van der Waals surface area contributed by atoms with E-state index in [-0.39, 0.29) is 12.4 Å². The third kappa shape index (κ3) is 2.97. The standard InChI is InChI=1S/C14H16N2O2/c1-11-3-5-12(6-4-11)9-16-10-15-8-13(16)7-14(17)18-2/h3-6,8,10H,7,9H2,1-2H3. The molecule has 0 unspecified atom stereocenters. The third-order valence-corrected chi connectivity index (χ3v) is 2.83. The Hall–Kier alpha value is -2.10. The van der Waals surface area contributed by atoms with Gasteiger partial charge in [-0.25, -0.2) is 4.98 Å². The lowest BCUT2D eigenvalue weighted by molar-refractivity contribution is -0.139. The molecule has 0 aliphatic carbocycles. The van der Waals surface area contributed by atoms with Crippen LogP contribution in [0.2, 0.25) is 0 Å². The summed E-state index contributed by atoms with van der Waals surface area (Å²) in [4.78, 5) is 15.3. The average molecular weight is 244 g/mol. The van der Waals surface area contributed by atoms with E-state index in [9.17, 15) is 4.79 Å². The topological polar surface area (TPSA) is 44.1 Å². The highest BCUT2D eigenvalue weighted by molar-refractivity contribution is 5.71. The Morgan fingerprint density at radius 3 is 2.72 bits per heavy atom. The molecular weight excluding hydrogens is 228 g/mol. The van der Waals surface area contributed by atoms with Crippen LogP contribution in [0.25, 0.3) is 0 Å². The molecule has 2 aromatic rings. The number of aromatic nitrogens is 2. The van der Waals surface area contributed by atoms with Gasteiger partial charge >= 0.3 is 5.97 Å². The Morgan fingerprint density at radius 1 is 1.33 bits per heavy atom. The zero-order valence-electron chi connectivity index (χ0n) is 10.6. The third-order valence-electron chi connectivity index (χ3n) is 2.83. The molecule has 4 heteroatoms. The summed E-state index contributed by atoms with van der Waals surface area (Å²) in [7, 11) is 1.39. The fourth-order valence-electron chi connectivity index (χ4n) is 1.75. The van der Waals surface area contributed by atoms with Crippen LogP contribution in [0, 0.1) is 6.92 Å². The Bertz CT molecular complexity index is 529. The van der Waals surface area contributed by atoms with Crippen molar-refractivity contribution in [3.05, 3.63) is 53.6 Å². The molecule has 0 aliphatic rings. The minimum absolute atomic E-state index is 0.249. The van der Waals surface area contributed by atoms with Crippen molar-refractivity contribution in [3.63, 3.8) is 0 Å². The highest BCUT2D eigenvalue weighted by Gasteiger charge is 2.08. The maximum Gasteiger partial charge on any atom is 0.311 e. The molecule has 0 saturated carbocycles. The van der Waals surface area contributed by atoms with E-state index in [2.05, 4.69) is 40.9 Å². The van der Waals surface area contributed by atoms with Gasteiger partial charge in [-0.1, -0.05) is 29.8 Å². The molecular formula is C14H16N2O2. The van der Waals surface area contributed by atoms with Gasteiger partial charge in [0.2, 0.25) is 0 Å². The van der Waals surface area contributed by atoms with Crippen molar-refractivity contribution in [3.8, 4) is 0 Å². The number of ether oxygens (including phenoxy) is 1. The zero-order valence-corrected chi connectivity index (χ0v) is 10.6. The minimum atomic E-state index is -0.249. The van der Waals surface area contributed by atoms with Gasteiger partial charge in [0.1, 0.15) is 0 Å². The molecule has 0 amide bonds. The first-order chi connectivity index (χ1) is 8.69. The molecule has 0 atom stereocenters. The number of imidazole rings is 1. The molecule has 0 N–H and O–H groups in total. The van der Waals surface area contributed by atoms with E-state index in [1.807, 2.05) is 4.57 Å². The van der Waals surface area contributed by atoms with Crippen LogP contribution in [0.4, 0.5) is 0 Å². The molecule has 2 rings (SSSR count). The van der Waals surface area contributed by atoms with Crippen LogP contribution < -0.4 is 0 Å². The van der Waals surface area contributed by atoms with Crippen molar-refractivity contribution in [2.75, 3.05) is 7.11 Å². The van der Waals surface area contributed by atoms with Gasteiger partial charge in [0, 0.05) is 18.4 Å². The summed E-state index contributed by atoms with van der Waals surface area (Å²) >= 11 is 0. The Kier molecular flexibility index (Phi) is 3.77. The maximum absolute atomic E-state index is 11.3. The summed E-state index contributed by atoms with van der Waals surface area (Å²) in [6.07, 6.45) is 3.69. The lowest BCUT2D eigenvalue weighted by atomic mass is 10.1. The first-order valence-electron chi connectivity index (χ1n) is 5.80. The Morgan fingerprint density at radius 2 is 2.06 bits per heavy atom. The van der Waals surface area contributed by atoms with E-state index in [0.717, 1.165) is 5.69 Å². The van der Waals surface area contributed by atoms with Crippen LogP contribution in [-0.4, -0.2) is 22.6 Å². The molecule has 0 saturated heterocycles. The molecule has 0 aliphatic heterocycles. The summed E-state index contributed by atoms with van der Waals surface area (Å²) in [5, 5.41) is 0. The second-order valence-electron chi connectivity index (χ2n) is 4.25. The van der Waals surface area contributed by atoms with E-state index >= 15 is 0 Å². The van der Waals surface area contributed by atoms with Crippen LogP contribution in [-0.2, 0) is 22.5 Å². The molecule has 1 heterocycles. The number of carbonyl (C=O) groups excluding carboxylic acids is 1. The molecule has 18 heavy (non-hydrogen) atoms. The number of benzene rings is 1. The van der Waals surface area contributed by atoms with Gasteiger partial charge in [-0.15, -0.1) is 0 Å².